The first-order chi connectivity index (χ1) is 16.1. The third kappa shape index (κ3) is 3.62. The first kappa shape index (κ1) is 19.6. The number of aromatic amines is 1. The number of rotatable bonds is 4. The van der Waals surface area contributed by atoms with Gasteiger partial charge in [-0.1, -0.05) is 18.2 Å². The molecule has 0 saturated carbocycles. The van der Waals surface area contributed by atoms with Crippen molar-refractivity contribution in [1.82, 2.24) is 19.7 Å². The first-order valence-electron chi connectivity index (χ1n) is 10.3. The summed E-state index contributed by atoms with van der Waals surface area (Å²) in [6.45, 7) is 0. The van der Waals surface area contributed by atoms with Gasteiger partial charge in [0.05, 0.1) is 22.8 Å². The molecule has 33 heavy (non-hydrogen) atoms. The Labute approximate surface area is 191 Å². The van der Waals surface area contributed by atoms with Crippen LogP contribution < -0.4 is 0 Å². The van der Waals surface area contributed by atoms with Crippen LogP contribution in [0.25, 0.3) is 49.9 Å². The Bertz CT molecular complexity index is 1540. The van der Waals surface area contributed by atoms with Crippen LogP contribution in [0.5, 0.6) is 0 Å². The molecule has 0 aliphatic rings. The van der Waals surface area contributed by atoms with Gasteiger partial charge in [-0.05, 0) is 66.7 Å². The summed E-state index contributed by atoms with van der Waals surface area (Å²) in [5.74, 6) is -0.579. The summed E-state index contributed by atoms with van der Waals surface area (Å²) in [5, 5.41) is 8.51. The number of aromatic nitrogens is 4. The summed E-state index contributed by atoms with van der Waals surface area (Å²) in [7, 11) is 0. The van der Waals surface area contributed by atoms with Crippen LogP contribution >= 0.6 is 11.3 Å². The second-order valence-electron chi connectivity index (χ2n) is 7.63. The van der Waals surface area contributed by atoms with E-state index in [1.807, 2.05) is 35.7 Å². The van der Waals surface area contributed by atoms with Crippen LogP contribution in [0.4, 0.5) is 8.78 Å². The number of fused-ring (bicyclic) bond motifs is 1. The van der Waals surface area contributed by atoms with Gasteiger partial charge in [-0.2, -0.15) is 5.10 Å². The average molecular weight is 455 g/mol. The zero-order chi connectivity index (χ0) is 22.4. The Morgan fingerprint density at radius 1 is 0.758 bits per heavy atom. The summed E-state index contributed by atoms with van der Waals surface area (Å²) in [5.41, 5.74) is 5.86. The second-order valence-corrected chi connectivity index (χ2v) is 8.46. The fourth-order valence-corrected chi connectivity index (χ4v) is 4.60. The minimum atomic E-state index is -0.294. The van der Waals surface area contributed by atoms with Crippen molar-refractivity contribution in [2.24, 2.45) is 0 Å². The van der Waals surface area contributed by atoms with E-state index in [1.165, 1.54) is 35.6 Å². The fourth-order valence-electron chi connectivity index (χ4n) is 3.81. The minimum Gasteiger partial charge on any atom is -0.353 e. The van der Waals surface area contributed by atoms with E-state index in [-0.39, 0.29) is 11.6 Å². The fraction of sp³-hybridized carbons (Fsp3) is 0. The molecule has 4 nitrogen and oxygen atoms in total. The number of H-pyrrole nitrogens is 1. The molecule has 7 heteroatoms. The number of hydrogen-bond acceptors (Lipinski definition) is 3. The number of benzene rings is 3. The van der Waals surface area contributed by atoms with E-state index >= 15 is 0 Å². The van der Waals surface area contributed by atoms with E-state index in [1.54, 1.807) is 28.9 Å². The number of thiazole rings is 1. The van der Waals surface area contributed by atoms with E-state index in [0.717, 1.165) is 39.1 Å². The highest BCUT2D eigenvalue weighted by atomic mass is 32.1. The number of nitrogens with zero attached hydrogens (tertiary/aromatic N) is 3. The second kappa shape index (κ2) is 7.79. The lowest BCUT2D eigenvalue weighted by atomic mass is 10.1. The van der Waals surface area contributed by atoms with Crippen molar-refractivity contribution in [3.8, 4) is 39.0 Å². The maximum absolute atomic E-state index is 13.5. The largest absolute Gasteiger partial charge is 0.353 e. The lowest BCUT2D eigenvalue weighted by Gasteiger charge is -2.02. The lowest BCUT2D eigenvalue weighted by molar-refractivity contribution is 0.627. The van der Waals surface area contributed by atoms with E-state index in [9.17, 15) is 8.78 Å². The molecule has 0 aliphatic heterocycles. The van der Waals surface area contributed by atoms with Crippen LogP contribution in [0.15, 0.2) is 90.3 Å². The van der Waals surface area contributed by atoms with Gasteiger partial charge < -0.3 is 4.98 Å². The van der Waals surface area contributed by atoms with Crippen molar-refractivity contribution >= 4 is 22.2 Å². The average Bonchev–Trinajstić information content (AvgIpc) is 3.57. The molecule has 0 aliphatic carbocycles. The van der Waals surface area contributed by atoms with Gasteiger partial charge in [0, 0.05) is 27.4 Å². The Balaban J connectivity index is 1.50. The molecule has 3 aromatic heterocycles. The van der Waals surface area contributed by atoms with Crippen molar-refractivity contribution in [1.29, 1.82) is 0 Å². The number of para-hydroxylation sites is 1. The van der Waals surface area contributed by atoms with Crippen LogP contribution in [0.2, 0.25) is 0 Å². The van der Waals surface area contributed by atoms with Crippen molar-refractivity contribution in [3.63, 3.8) is 0 Å². The van der Waals surface area contributed by atoms with Crippen LogP contribution in [0.3, 0.4) is 0 Å². The van der Waals surface area contributed by atoms with E-state index in [2.05, 4.69) is 11.1 Å². The number of nitrogens with one attached hydrogen (secondary N) is 1. The molecule has 0 spiro atoms. The van der Waals surface area contributed by atoms with Gasteiger partial charge in [-0.3, -0.25) is 0 Å². The van der Waals surface area contributed by atoms with Crippen LogP contribution in [-0.2, 0) is 0 Å². The summed E-state index contributed by atoms with van der Waals surface area (Å²) in [4.78, 5) is 8.22. The molecule has 0 fully saturated rings. The standard InChI is InChI=1S/C26H16F2N4S/c27-19-9-5-16(6-10-19)22-14-25(23-13-18-3-1-2-4-21(18)29-23)32(31-22)26-30-24(15-33-26)17-7-11-20(28)12-8-17/h1-15,29H. The highest BCUT2D eigenvalue weighted by molar-refractivity contribution is 7.12. The predicted molar refractivity (Wildman–Crippen MR) is 127 cm³/mol. The zero-order valence-electron chi connectivity index (χ0n) is 17.2. The molecule has 3 aromatic carbocycles. The normalized spacial score (nSPS) is 11.3. The van der Waals surface area contributed by atoms with Gasteiger partial charge in [0.1, 0.15) is 11.6 Å². The quantitative estimate of drug-likeness (QED) is 0.309. The minimum absolute atomic E-state index is 0.286. The predicted octanol–water partition coefficient (Wildman–Crippen LogP) is 7.09. The zero-order valence-corrected chi connectivity index (χ0v) is 18.0. The third-order valence-corrected chi connectivity index (χ3v) is 6.28. The summed E-state index contributed by atoms with van der Waals surface area (Å²) >= 11 is 1.45. The maximum Gasteiger partial charge on any atom is 0.211 e. The Morgan fingerprint density at radius 2 is 1.42 bits per heavy atom. The SMILES string of the molecule is Fc1ccc(-c2csc(-n3nc(-c4ccc(F)cc4)cc3-c3cc4ccccc4[nH]3)n2)cc1. The molecule has 0 amide bonds. The van der Waals surface area contributed by atoms with Gasteiger partial charge in [-0.25, -0.2) is 18.4 Å². The molecule has 3 heterocycles. The molecule has 0 atom stereocenters. The molecule has 0 radical (unpaired) electrons. The van der Waals surface area contributed by atoms with Gasteiger partial charge in [-0.15, -0.1) is 11.3 Å². The van der Waals surface area contributed by atoms with E-state index < -0.39 is 0 Å². The summed E-state index contributed by atoms with van der Waals surface area (Å²) in [6, 6.07) is 24.6. The topological polar surface area (TPSA) is 46.5 Å². The Hall–Kier alpha value is -4.10. The first-order valence-corrected chi connectivity index (χ1v) is 11.2. The van der Waals surface area contributed by atoms with Crippen molar-refractivity contribution in [3.05, 3.63) is 102 Å². The molecule has 6 aromatic rings. The summed E-state index contributed by atoms with van der Waals surface area (Å²) < 4.78 is 28.6. The molecule has 6 rings (SSSR count). The highest BCUT2D eigenvalue weighted by Gasteiger charge is 2.18. The van der Waals surface area contributed by atoms with Gasteiger partial charge in [0.2, 0.25) is 5.13 Å². The van der Waals surface area contributed by atoms with Gasteiger partial charge >= 0.3 is 0 Å². The highest BCUT2D eigenvalue weighted by Crippen LogP contribution is 2.33. The number of hydrogen-bond donors (Lipinski definition) is 1. The molecule has 1 N–H and O–H groups in total. The van der Waals surface area contributed by atoms with Crippen molar-refractivity contribution in [2.45, 2.75) is 0 Å². The van der Waals surface area contributed by atoms with Crippen molar-refractivity contribution < 1.29 is 8.78 Å². The smallest absolute Gasteiger partial charge is 0.211 e. The molecule has 160 valence electrons. The van der Waals surface area contributed by atoms with Crippen LogP contribution in [-0.4, -0.2) is 19.7 Å². The lowest BCUT2D eigenvalue weighted by Crippen LogP contribution is -1.99. The monoisotopic (exact) mass is 454 g/mol. The molecule has 0 bridgehead atoms. The molecule has 0 unspecified atom stereocenters. The van der Waals surface area contributed by atoms with Crippen LogP contribution in [0.1, 0.15) is 0 Å². The molecule has 0 saturated heterocycles. The van der Waals surface area contributed by atoms with Gasteiger partial charge in [0.25, 0.3) is 0 Å². The third-order valence-electron chi connectivity index (χ3n) is 5.47. The Kier molecular flexibility index (Phi) is 4.62. The molecular formula is C26H16F2N4S. The summed E-state index contributed by atoms with van der Waals surface area (Å²) in [6.07, 6.45) is 0. The maximum atomic E-state index is 13.5. The van der Waals surface area contributed by atoms with Crippen LogP contribution in [0, 0.1) is 11.6 Å². The van der Waals surface area contributed by atoms with Gasteiger partial charge in [0.15, 0.2) is 0 Å². The Morgan fingerprint density at radius 3 is 2.12 bits per heavy atom. The molecular weight excluding hydrogens is 438 g/mol. The number of halogens is 2. The van der Waals surface area contributed by atoms with E-state index in [0.29, 0.717) is 10.8 Å². The van der Waals surface area contributed by atoms with Crippen molar-refractivity contribution in [2.75, 3.05) is 0 Å². The van der Waals surface area contributed by atoms with E-state index in [4.69, 9.17) is 10.1 Å².